The molecule has 0 atom stereocenters. The van der Waals surface area contributed by atoms with Gasteiger partial charge >= 0.3 is 6.03 Å². The van der Waals surface area contributed by atoms with Gasteiger partial charge in [-0.15, -0.1) is 0 Å². The summed E-state index contributed by atoms with van der Waals surface area (Å²) in [7, 11) is 0. The van der Waals surface area contributed by atoms with Crippen molar-refractivity contribution < 1.29 is 4.79 Å². The van der Waals surface area contributed by atoms with E-state index in [1.165, 1.54) is 17.5 Å². The van der Waals surface area contributed by atoms with Gasteiger partial charge in [-0.2, -0.15) is 0 Å². The molecule has 1 fully saturated rings. The highest BCUT2D eigenvalue weighted by Crippen LogP contribution is 2.09. The number of likely N-dealkylation sites (tertiary alicyclic amines) is 1. The molecule has 18 heavy (non-hydrogen) atoms. The van der Waals surface area contributed by atoms with E-state index < -0.39 is 0 Å². The van der Waals surface area contributed by atoms with Gasteiger partial charge in [0.05, 0.1) is 0 Å². The van der Waals surface area contributed by atoms with Crippen LogP contribution in [0.15, 0.2) is 24.3 Å². The van der Waals surface area contributed by atoms with Crippen molar-refractivity contribution in [1.29, 1.82) is 0 Å². The SMILES string of the molecule is Cc1ccccc1CCNC(=O)N1CCCCC1. The smallest absolute Gasteiger partial charge is 0.317 e. The molecule has 1 aromatic rings. The Kier molecular flexibility index (Phi) is 4.62. The lowest BCUT2D eigenvalue weighted by Crippen LogP contribution is -2.43. The molecule has 0 bridgehead atoms. The third-order valence-electron chi connectivity index (χ3n) is 3.58. The van der Waals surface area contributed by atoms with Crippen molar-refractivity contribution in [2.75, 3.05) is 19.6 Å². The normalized spacial score (nSPS) is 15.5. The molecular weight excluding hydrogens is 224 g/mol. The van der Waals surface area contributed by atoms with E-state index in [9.17, 15) is 4.79 Å². The first-order valence-electron chi connectivity index (χ1n) is 6.84. The van der Waals surface area contributed by atoms with Crippen LogP contribution in [0.3, 0.4) is 0 Å². The van der Waals surface area contributed by atoms with Gasteiger partial charge in [0.25, 0.3) is 0 Å². The van der Waals surface area contributed by atoms with Crippen LogP contribution in [0.5, 0.6) is 0 Å². The predicted molar refractivity (Wildman–Crippen MR) is 73.7 cm³/mol. The van der Waals surface area contributed by atoms with Crippen LogP contribution in [0.2, 0.25) is 0 Å². The Bertz CT molecular complexity index is 397. The first kappa shape index (κ1) is 12.9. The molecule has 1 aliphatic heterocycles. The second-order valence-corrected chi connectivity index (χ2v) is 4.96. The number of piperidine rings is 1. The zero-order valence-electron chi connectivity index (χ0n) is 11.1. The quantitative estimate of drug-likeness (QED) is 0.874. The Morgan fingerprint density at radius 3 is 2.67 bits per heavy atom. The second-order valence-electron chi connectivity index (χ2n) is 4.96. The van der Waals surface area contributed by atoms with Gasteiger partial charge in [0, 0.05) is 19.6 Å². The summed E-state index contributed by atoms with van der Waals surface area (Å²) in [5.41, 5.74) is 2.61. The molecule has 0 aliphatic carbocycles. The standard InChI is InChI=1S/C15H22N2O/c1-13-7-3-4-8-14(13)9-10-16-15(18)17-11-5-2-6-12-17/h3-4,7-8H,2,5-6,9-12H2,1H3,(H,16,18). The minimum Gasteiger partial charge on any atom is -0.338 e. The monoisotopic (exact) mass is 246 g/mol. The van der Waals surface area contributed by atoms with Gasteiger partial charge in [-0.25, -0.2) is 4.79 Å². The molecule has 0 radical (unpaired) electrons. The zero-order valence-corrected chi connectivity index (χ0v) is 11.1. The van der Waals surface area contributed by atoms with Crippen molar-refractivity contribution in [1.82, 2.24) is 10.2 Å². The molecule has 1 N–H and O–H groups in total. The largest absolute Gasteiger partial charge is 0.338 e. The molecule has 2 amide bonds. The summed E-state index contributed by atoms with van der Waals surface area (Å²) in [5, 5.41) is 3.02. The lowest BCUT2D eigenvalue weighted by Gasteiger charge is -2.26. The Morgan fingerprint density at radius 2 is 1.94 bits per heavy atom. The van der Waals surface area contributed by atoms with Crippen LogP contribution in [0, 0.1) is 6.92 Å². The van der Waals surface area contributed by atoms with Crippen LogP contribution >= 0.6 is 0 Å². The number of urea groups is 1. The Balaban J connectivity index is 1.75. The molecule has 3 heteroatoms. The highest BCUT2D eigenvalue weighted by atomic mass is 16.2. The Hall–Kier alpha value is -1.51. The van der Waals surface area contributed by atoms with E-state index in [2.05, 4.69) is 30.4 Å². The average Bonchev–Trinajstić information content (AvgIpc) is 2.42. The highest BCUT2D eigenvalue weighted by molar-refractivity contribution is 5.74. The summed E-state index contributed by atoms with van der Waals surface area (Å²) in [6.07, 6.45) is 4.45. The number of aryl methyl sites for hydroxylation is 1. The topological polar surface area (TPSA) is 32.3 Å². The van der Waals surface area contributed by atoms with Crippen molar-refractivity contribution in [3.63, 3.8) is 0 Å². The first-order valence-corrected chi connectivity index (χ1v) is 6.84. The maximum absolute atomic E-state index is 11.9. The molecule has 2 rings (SSSR count). The van der Waals surface area contributed by atoms with Gasteiger partial charge in [0.2, 0.25) is 0 Å². The zero-order chi connectivity index (χ0) is 12.8. The Morgan fingerprint density at radius 1 is 1.22 bits per heavy atom. The number of nitrogens with zero attached hydrogens (tertiary/aromatic N) is 1. The van der Waals surface area contributed by atoms with Gasteiger partial charge in [-0.1, -0.05) is 24.3 Å². The fourth-order valence-corrected chi connectivity index (χ4v) is 2.40. The maximum atomic E-state index is 11.9. The number of rotatable bonds is 3. The van der Waals surface area contributed by atoms with Gasteiger partial charge in [-0.05, 0) is 43.7 Å². The summed E-state index contributed by atoms with van der Waals surface area (Å²) in [6.45, 7) is 4.66. The summed E-state index contributed by atoms with van der Waals surface area (Å²) in [5.74, 6) is 0. The van der Waals surface area contributed by atoms with E-state index in [1.807, 2.05) is 11.0 Å². The molecule has 0 unspecified atom stereocenters. The lowest BCUT2D eigenvalue weighted by atomic mass is 10.1. The fourth-order valence-electron chi connectivity index (χ4n) is 2.40. The first-order chi connectivity index (χ1) is 8.77. The number of hydrogen-bond donors (Lipinski definition) is 1. The van der Waals surface area contributed by atoms with E-state index >= 15 is 0 Å². The van der Waals surface area contributed by atoms with Crippen molar-refractivity contribution in [3.05, 3.63) is 35.4 Å². The van der Waals surface area contributed by atoms with Crippen LogP contribution in [0.25, 0.3) is 0 Å². The molecule has 1 aromatic carbocycles. The predicted octanol–water partition coefficient (Wildman–Crippen LogP) is 2.73. The van der Waals surface area contributed by atoms with E-state index in [4.69, 9.17) is 0 Å². The molecule has 1 saturated heterocycles. The highest BCUT2D eigenvalue weighted by Gasteiger charge is 2.15. The number of amides is 2. The Labute approximate surface area is 109 Å². The van der Waals surface area contributed by atoms with Crippen LogP contribution in [0.4, 0.5) is 4.79 Å². The van der Waals surface area contributed by atoms with Crippen LogP contribution in [-0.2, 0) is 6.42 Å². The molecule has 1 aliphatic rings. The molecule has 3 nitrogen and oxygen atoms in total. The summed E-state index contributed by atoms with van der Waals surface area (Å²) >= 11 is 0. The van der Waals surface area contributed by atoms with Crippen molar-refractivity contribution in [2.24, 2.45) is 0 Å². The van der Waals surface area contributed by atoms with Crippen molar-refractivity contribution >= 4 is 6.03 Å². The molecule has 0 aromatic heterocycles. The number of benzene rings is 1. The summed E-state index contributed by atoms with van der Waals surface area (Å²) in [4.78, 5) is 13.8. The van der Waals surface area contributed by atoms with E-state index in [0.29, 0.717) is 0 Å². The molecule has 98 valence electrons. The fraction of sp³-hybridized carbons (Fsp3) is 0.533. The maximum Gasteiger partial charge on any atom is 0.317 e. The van der Waals surface area contributed by atoms with Crippen LogP contribution in [-0.4, -0.2) is 30.6 Å². The minimum absolute atomic E-state index is 0.100. The second kappa shape index (κ2) is 6.43. The van der Waals surface area contributed by atoms with Gasteiger partial charge < -0.3 is 10.2 Å². The number of carbonyl (C=O) groups is 1. The van der Waals surface area contributed by atoms with Crippen LogP contribution in [0.1, 0.15) is 30.4 Å². The molecular formula is C15H22N2O. The van der Waals surface area contributed by atoms with Gasteiger partial charge in [0.15, 0.2) is 0 Å². The van der Waals surface area contributed by atoms with E-state index in [0.717, 1.165) is 38.9 Å². The van der Waals surface area contributed by atoms with Crippen LogP contribution < -0.4 is 5.32 Å². The molecule has 0 saturated carbocycles. The average molecular weight is 246 g/mol. The van der Waals surface area contributed by atoms with Gasteiger partial charge in [-0.3, -0.25) is 0 Å². The number of hydrogen-bond acceptors (Lipinski definition) is 1. The third kappa shape index (κ3) is 3.49. The molecule has 0 spiro atoms. The summed E-state index contributed by atoms with van der Waals surface area (Å²) in [6, 6.07) is 8.44. The third-order valence-corrected chi connectivity index (χ3v) is 3.58. The van der Waals surface area contributed by atoms with Gasteiger partial charge in [0.1, 0.15) is 0 Å². The number of carbonyl (C=O) groups excluding carboxylic acids is 1. The lowest BCUT2D eigenvalue weighted by molar-refractivity contribution is 0.186. The number of nitrogens with one attached hydrogen (secondary N) is 1. The summed E-state index contributed by atoms with van der Waals surface area (Å²) < 4.78 is 0. The van der Waals surface area contributed by atoms with E-state index in [-0.39, 0.29) is 6.03 Å². The minimum atomic E-state index is 0.100. The van der Waals surface area contributed by atoms with Crippen molar-refractivity contribution in [3.8, 4) is 0 Å². The van der Waals surface area contributed by atoms with Crippen molar-refractivity contribution in [2.45, 2.75) is 32.6 Å². The molecule has 1 heterocycles. The van der Waals surface area contributed by atoms with E-state index in [1.54, 1.807) is 0 Å².